The molecule has 0 amide bonds. The van der Waals surface area contributed by atoms with Crippen molar-refractivity contribution in [1.82, 2.24) is 0 Å². The molecule has 6 N–H and O–H groups in total. The van der Waals surface area contributed by atoms with E-state index in [-0.39, 0.29) is 37.6 Å². The number of carbonyl (C=O) groups is 4. The zero-order valence-electron chi connectivity index (χ0n) is 42.0. The highest BCUT2D eigenvalue weighted by Crippen LogP contribution is 2.47. The van der Waals surface area contributed by atoms with Gasteiger partial charge >= 0.3 is 29.1 Å². The van der Waals surface area contributed by atoms with E-state index in [9.17, 15) is 49.4 Å². The van der Waals surface area contributed by atoms with Gasteiger partial charge in [0.25, 0.3) is 0 Å². The molecule has 0 saturated carbocycles. The van der Waals surface area contributed by atoms with Gasteiger partial charge in [-0.25, -0.2) is 9.59 Å². The maximum absolute atomic E-state index is 13.3. The van der Waals surface area contributed by atoms with Gasteiger partial charge in [-0.2, -0.15) is 0 Å². The number of hydrogen-bond acceptors (Lipinski definition) is 16. The topological polar surface area (TPSA) is 245 Å². The first-order chi connectivity index (χ1) is 33.3. The average Bonchev–Trinajstić information content (AvgIpc) is 3.69. The highest BCUT2D eigenvalue weighted by atomic mass is 31.2. The second-order valence-electron chi connectivity index (χ2n) is 18.9. The first-order valence-electron chi connectivity index (χ1n) is 23.2. The summed E-state index contributed by atoms with van der Waals surface area (Å²) >= 11 is 0. The van der Waals surface area contributed by atoms with Crippen molar-refractivity contribution < 1.29 is 77.0 Å². The Balaban J connectivity index is 1.22. The standard InChI is InChI=1S/C53H68O16P2/c1-32(18-13-20-34(3)23-25-38-36(5)44(54)42(30-52(38,7)8)68-70(62)64-28-15-22-40-46(56)48(58)50(60)66-40)16-11-12-17-33(2)19-14-21-35(4)24-26-39-37(6)45(55)43(31-53(39,9)10)69-71(63)65-29-27-41-47(57)49(59)51(61)67-41/h11-14,16-21,23-26,40-43,56-59,62-63H,15,22,27-31H2,1-10H3/b12-11+,18-13+,19-14+,25-23+,26-24+,32-16+,33-17+,34-20+,35-21+. The molecule has 386 valence electrons. The molecular weight excluding hydrogens is 955 g/mol. The lowest BCUT2D eigenvalue weighted by molar-refractivity contribution is -0.143. The summed E-state index contributed by atoms with van der Waals surface area (Å²) in [7, 11) is -4.81. The fraction of sp³-hybridized carbons (Fsp3) is 0.434. The van der Waals surface area contributed by atoms with Crippen LogP contribution in [0.5, 0.6) is 0 Å². The quantitative estimate of drug-likeness (QED) is 0.0241. The molecule has 4 aliphatic rings. The number of hydrogen-bond donors (Lipinski definition) is 6. The summed E-state index contributed by atoms with van der Waals surface area (Å²) in [5.41, 5.74) is 5.96. The average molecular weight is 1020 g/mol. The maximum Gasteiger partial charge on any atom is 0.377 e. The second-order valence-corrected chi connectivity index (χ2v) is 20.8. The van der Waals surface area contributed by atoms with Crippen LogP contribution in [0, 0.1) is 10.8 Å². The third kappa shape index (κ3) is 16.9. The van der Waals surface area contributed by atoms with Gasteiger partial charge in [0.1, 0.15) is 12.2 Å². The number of aliphatic hydroxyl groups excluding tert-OH is 4. The lowest BCUT2D eigenvalue weighted by atomic mass is 9.71. The van der Waals surface area contributed by atoms with Gasteiger partial charge in [-0.3, -0.25) is 9.59 Å². The molecule has 2 aliphatic carbocycles. The van der Waals surface area contributed by atoms with E-state index in [0.29, 0.717) is 30.4 Å². The molecule has 0 spiro atoms. The van der Waals surface area contributed by atoms with Gasteiger partial charge in [-0.15, -0.1) is 0 Å². The van der Waals surface area contributed by atoms with Crippen LogP contribution in [-0.4, -0.2) is 91.3 Å². The van der Waals surface area contributed by atoms with E-state index in [1.807, 2.05) is 140 Å². The van der Waals surface area contributed by atoms with E-state index >= 15 is 0 Å². The number of rotatable bonds is 23. The highest BCUT2D eigenvalue weighted by Gasteiger charge is 2.42. The van der Waals surface area contributed by atoms with E-state index in [1.54, 1.807) is 13.8 Å². The van der Waals surface area contributed by atoms with Crippen LogP contribution in [0.3, 0.4) is 0 Å². The zero-order valence-corrected chi connectivity index (χ0v) is 43.8. The first-order valence-corrected chi connectivity index (χ1v) is 25.4. The minimum absolute atomic E-state index is 0.0217. The molecule has 4 rings (SSSR count). The number of ether oxygens (including phenoxy) is 2. The van der Waals surface area contributed by atoms with Crippen LogP contribution in [0.4, 0.5) is 0 Å². The van der Waals surface area contributed by atoms with Crippen molar-refractivity contribution >= 4 is 40.7 Å². The lowest BCUT2D eigenvalue weighted by Crippen LogP contribution is -2.37. The molecule has 0 aromatic carbocycles. The summed E-state index contributed by atoms with van der Waals surface area (Å²) in [6.07, 6.45) is 24.9. The Labute approximate surface area is 418 Å². The van der Waals surface area contributed by atoms with E-state index in [4.69, 9.17) is 27.6 Å². The maximum atomic E-state index is 13.3. The normalized spacial score (nSPS) is 25.0. The minimum atomic E-state index is -2.44. The molecular formula is C53H68O16P2. The molecule has 16 nitrogen and oxygen atoms in total. The van der Waals surface area contributed by atoms with E-state index in [0.717, 1.165) is 33.4 Å². The van der Waals surface area contributed by atoms with Gasteiger partial charge in [-0.1, -0.05) is 135 Å². The van der Waals surface area contributed by atoms with Crippen molar-refractivity contribution in [2.24, 2.45) is 10.8 Å². The summed E-state index contributed by atoms with van der Waals surface area (Å²) in [6, 6.07) is 0. The third-order valence-corrected chi connectivity index (χ3v) is 13.8. The largest absolute Gasteiger partial charge is 0.505 e. The van der Waals surface area contributed by atoms with Crippen LogP contribution in [-0.2, 0) is 46.7 Å². The van der Waals surface area contributed by atoms with E-state index in [1.165, 1.54) is 0 Å². The molecule has 6 unspecified atom stereocenters. The Morgan fingerprint density at radius 2 is 0.944 bits per heavy atom. The van der Waals surface area contributed by atoms with Crippen LogP contribution >= 0.6 is 17.2 Å². The van der Waals surface area contributed by atoms with Gasteiger partial charge in [0.2, 0.25) is 11.5 Å². The third-order valence-electron chi connectivity index (χ3n) is 12.1. The molecule has 18 heteroatoms. The Hall–Kier alpha value is -5.28. The van der Waals surface area contributed by atoms with Crippen molar-refractivity contribution in [2.45, 2.75) is 126 Å². The van der Waals surface area contributed by atoms with Crippen LogP contribution in [0.1, 0.15) is 101 Å². The number of carbonyl (C=O) groups excluding carboxylic acids is 4. The molecule has 0 radical (unpaired) electrons. The molecule has 0 saturated heterocycles. The fourth-order valence-corrected chi connectivity index (χ4v) is 9.50. The predicted molar refractivity (Wildman–Crippen MR) is 271 cm³/mol. The summed E-state index contributed by atoms with van der Waals surface area (Å²) in [4.78, 5) is 70.1. The molecule has 6 atom stereocenters. The van der Waals surface area contributed by atoms with Crippen LogP contribution in [0.2, 0.25) is 0 Å². The molecule has 71 heavy (non-hydrogen) atoms. The Bertz CT molecular complexity index is 2450. The van der Waals surface area contributed by atoms with Crippen LogP contribution in [0.25, 0.3) is 0 Å². The van der Waals surface area contributed by atoms with Gasteiger partial charge in [0.15, 0.2) is 35.3 Å². The molecule has 2 aliphatic heterocycles. The number of allylic oxidation sites excluding steroid dienone is 20. The van der Waals surface area contributed by atoms with E-state index in [2.05, 4.69) is 0 Å². The number of esters is 2. The van der Waals surface area contributed by atoms with Gasteiger partial charge < -0.3 is 57.8 Å². The predicted octanol–water partition coefficient (Wildman–Crippen LogP) is 11.1. The summed E-state index contributed by atoms with van der Waals surface area (Å²) in [5.74, 6) is -5.29. The molecule has 0 bridgehead atoms. The van der Waals surface area contributed by atoms with Gasteiger partial charge in [0, 0.05) is 6.42 Å². The van der Waals surface area contributed by atoms with Crippen molar-refractivity contribution in [3.05, 3.63) is 153 Å². The first kappa shape index (κ1) is 58.3. The molecule has 0 aromatic heterocycles. The number of aliphatic hydroxyl groups is 4. The van der Waals surface area contributed by atoms with Crippen molar-refractivity contribution in [1.29, 1.82) is 0 Å². The smallest absolute Gasteiger partial charge is 0.377 e. The Kier molecular flexibility index (Phi) is 21.7. The summed E-state index contributed by atoms with van der Waals surface area (Å²) < 4.78 is 31.6. The number of cyclic esters (lactones) is 2. The molecule has 0 aromatic rings. The van der Waals surface area contributed by atoms with Gasteiger partial charge in [-0.05, 0) is 100 Å². The van der Waals surface area contributed by atoms with E-state index < -0.39 is 87.4 Å². The van der Waals surface area contributed by atoms with Crippen molar-refractivity contribution in [3.8, 4) is 0 Å². The summed E-state index contributed by atoms with van der Waals surface area (Å²) in [5, 5.41) is 38.4. The Morgan fingerprint density at radius 3 is 1.34 bits per heavy atom. The minimum Gasteiger partial charge on any atom is -0.505 e. The highest BCUT2D eigenvalue weighted by molar-refractivity contribution is 7.40. The number of Topliss-reactive ketones (excluding diaryl/α,β-unsaturated/α-hetero) is 2. The summed E-state index contributed by atoms with van der Waals surface area (Å²) in [6.45, 7) is 19.3. The van der Waals surface area contributed by atoms with Crippen LogP contribution < -0.4 is 0 Å². The van der Waals surface area contributed by atoms with Crippen LogP contribution in [0.15, 0.2) is 153 Å². The fourth-order valence-electron chi connectivity index (χ4n) is 8.05. The zero-order chi connectivity index (χ0) is 52.8. The molecule has 0 fully saturated rings. The second kappa shape index (κ2) is 26.4. The Morgan fingerprint density at radius 1 is 0.577 bits per heavy atom. The molecule has 2 heterocycles. The number of ketones is 2. The SMILES string of the molecule is CC1=C(/C=C/C(C)=C/C=C/C(C)=C/C=C/C=C(C)/C=C/C=C(C)/C=C/C2=C(C)C(=O)C(OP(O)OCCC3OC(=O)C(O)=C3O)CC2(C)C)C(C)(C)CC(OP(O)OCCCC2OC(=O)C(O)=C2O)C1=O. The van der Waals surface area contributed by atoms with Gasteiger partial charge in [0.05, 0.1) is 13.2 Å². The monoisotopic (exact) mass is 1020 g/mol. The van der Waals surface area contributed by atoms with Crippen molar-refractivity contribution in [3.63, 3.8) is 0 Å². The van der Waals surface area contributed by atoms with Crippen molar-refractivity contribution in [2.75, 3.05) is 13.2 Å². The lowest BCUT2D eigenvalue weighted by Gasteiger charge is -2.36.